The highest BCUT2D eigenvalue weighted by atomic mass is 16.5. The molecule has 1 aliphatic heterocycles. The summed E-state index contributed by atoms with van der Waals surface area (Å²) in [7, 11) is 0. The minimum absolute atomic E-state index is 0.106. The van der Waals surface area contributed by atoms with Crippen LogP contribution >= 0.6 is 0 Å². The first-order valence-electron chi connectivity index (χ1n) is 9.95. The van der Waals surface area contributed by atoms with Gasteiger partial charge in [0.2, 0.25) is 0 Å². The standard InChI is InChI=1S/C23H22N4O3/c24-23-22-21(25-14-26-23)20-18(13-29-19(20)7-4-12-28)27(22)15-8-10-17(11-9-15)30-16-5-2-1-3-6-16/h1-3,5-6,8-11,14,19,28H,4,7,12-13H2,(H2,24,25,26). The fourth-order valence-electron chi connectivity index (χ4n) is 4.02. The monoisotopic (exact) mass is 402 g/mol. The van der Waals surface area contributed by atoms with Crippen LogP contribution in [0.4, 0.5) is 5.82 Å². The van der Waals surface area contributed by atoms with Gasteiger partial charge in [-0.15, -0.1) is 0 Å². The van der Waals surface area contributed by atoms with E-state index in [4.69, 9.17) is 15.2 Å². The molecule has 7 heteroatoms. The Kier molecular flexibility index (Phi) is 4.82. The Morgan fingerprint density at radius 2 is 1.83 bits per heavy atom. The maximum atomic E-state index is 9.23. The lowest BCUT2D eigenvalue weighted by atomic mass is 10.1. The number of ether oxygens (including phenoxy) is 2. The zero-order valence-corrected chi connectivity index (χ0v) is 16.4. The molecule has 30 heavy (non-hydrogen) atoms. The topological polar surface area (TPSA) is 95.4 Å². The zero-order valence-electron chi connectivity index (χ0n) is 16.4. The first-order chi connectivity index (χ1) is 14.8. The van der Waals surface area contributed by atoms with E-state index in [0.29, 0.717) is 18.8 Å². The van der Waals surface area contributed by atoms with Gasteiger partial charge in [-0.05, 0) is 49.2 Å². The lowest BCUT2D eigenvalue weighted by molar-refractivity contribution is 0.0539. The molecule has 0 spiro atoms. The number of aliphatic hydroxyl groups excluding tert-OH is 1. The Hall–Kier alpha value is -3.42. The van der Waals surface area contributed by atoms with E-state index in [2.05, 4.69) is 14.5 Å². The second kappa shape index (κ2) is 7.78. The SMILES string of the molecule is Nc1ncnc2c3c(n(-c4ccc(Oc5ccccc5)cc4)c12)COC3CCCO. The summed E-state index contributed by atoms with van der Waals surface area (Å²) in [5.74, 6) is 1.97. The van der Waals surface area contributed by atoms with Crippen molar-refractivity contribution in [2.45, 2.75) is 25.6 Å². The molecular formula is C23H22N4O3. The molecule has 1 atom stereocenters. The highest BCUT2D eigenvalue weighted by Gasteiger charge is 2.32. The summed E-state index contributed by atoms with van der Waals surface area (Å²) >= 11 is 0. The van der Waals surface area contributed by atoms with E-state index in [9.17, 15) is 5.11 Å². The van der Waals surface area contributed by atoms with Gasteiger partial charge in [0, 0.05) is 17.9 Å². The van der Waals surface area contributed by atoms with Gasteiger partial charge < -0.3 is 24.9 Å². The fraction of sp³-hybridized carbons (Fsp3) is 0.217. The van der Waals surface area contributed by atoms with Crippen LogP contribution in [-0.4, -0.2) is 26.2 Å². The summed E-state index contributed by atoms with van der Waals surface area (Å²) in [4.78, 5) is 8.72. The summed E-state index contributed by atoms with van der Waals surface area (Å²) in [6.07, 6.45) is 2.78. The Labute approximate surface area is 173 Å². The highest BCUT2D eigenvalue weighted by Crippen LogP contribution is 2.42. The largest absolute Gasteiger partial charge is 0.457 e. The van der Waals surface area contributed by atoms with Gasteiger partial charge in [0.15, 0.2) is 5.82 Å². The quantitative estimate of drug-likeness (QED) is 0.503. The molecule has 3 N–H and O–H groups in total. The van der Waals surface area contributed by atoms with Gasteiger partial charge in [0.1, 0.15) is 28.9 Å². The average Bonchev–Trinajstić information content (AvgIpc) is 3.33. The van der Waals surface area contributed by atoms with Crippen molar-refractivity contribution in [2.24, 2.45) is 0 Å². The molecule has 1 unspecified atom stereocenters. The third-order valence-corrected chi connectivity index (χ3v) is 5.35. The van der Waals surface area contributed by atoms with E-state index in [1.807, 2.05) is 54.6 Å². The van der Waals surface area contributed by atoms with Gasteiger partial charge in [0.25, 0.3) is 0 Å². The van der Waals surface area contributed by atoms with Gasteiger partial charge in [-0.2, -0.15) is 0 Å². The maximum absolute atomic E-state index is 9.23. The Balaban J connectivity index is 1.56. The van der Waals surface area contributed by atoms with Crippen LogP contribution in [0.5, 0.6) is 11.5 Å². The summed E-state index contributed by atoms with van der Waals surface area (Å²) in [6, 6.07) is 17.5. The van der Waals surface area contributed by atoms with Crippen LogP contribution in [-0.2, 0) is 11.3 Å². The van der Waals surface area contributed by atoms with Crippen LogP contribution in [0.25, 0.3) is 16.7 Å². The number of nitrogens with zero attached hydrogens (tertiary/aromatic N) is 3. The van der Waals surface area contributed by atoms with Crippen molar-refractivity contribution >= 4 is 16.9 Å². The van der Waals surface area contributed by atoms with Crippen LogP contribution in [0.3, 0.4) is 0 Å². The Morgan fingerprint density at radius 3 is 2.60 bits per heavy atom. The molecule has 3 heterocycles. The molecule has 0 fully saturated rings. The first kappa shape index (κ1) is 18.6. The zero-order chi connectivity index (χ0) is 20.5. The van der Waals surface area contributed by atoms with Crippen LogP contribution in [0.1, 0.15) is 30.2 Å². The van der Waals surface area contributed by atoms with Gasteiger partial charge in [-0.3, -0.25) is 0 Å². The van der Waals surface area contributed by atoms with Crippen molar-refractivity contribution in [2.75, 3.05) is 12.3 Å². The van der Waals surface area contributed by atoms with Crippen molar-refractivity contribution < 1.29 is 14.6 Å². The maximum Gasteiger partial charge on any atom is 0.151 e. The second-order valence-corrected chi connectivity index (χ2v) is 7.23. The van der Waals surface area contributed by atoms with Crippen LogP contribution < -0.4 is 10.5 Å². The van der Waals surface area contributed by atoms with Gasteiger partial charge in [-0.25, -0.2) is 9.97 Å². The second-order valence-electron chi connectivity index (χ2n) is 7.23. The fourth-order valence-corrected chi connectivity index (χ4v) is 4.02. The molecule has 0 saturated carbocycles. The van der Waals surface area contributed by atoms with E-state index >= 15 is 0 Å². The number of aliphatic hydroxyl groups is 1. The van der Waals surface area contributed by atoms with Crippen LogP contribution in [0.15, 0.2) is 60.9 Å². The molecule has 5 rings (SSSR count). The van der Waals surface area contributed by atoms with Gasteiger partial charge in [0.05, 0.1) is 18.4 Å². The molecule has 0 amide bonds. The van der Waals surface area contributed by atoms with Gasteiger partial charge in [-0.1, -0.05) is 18.2 Å². The van der Waals surface area contributed by atoms with Crippen LogP contribution in [0.2, 0.25) is 0 Å². The number of nitrogen functional groups attached to an aromatic ring is 1. The number of fused-ring (bicyclic) bond motifs is 3. The first-order valence-corrected chi connectivity index (χ1v) is 9.95. The van der Waals surface area contributed by atoms with Crippen molar-refractivity contribution in [3.8, 4) is 17.2 Å². The average molecular weight is 402 g/mol. The molecular weight excluding hydrogens is 380 g/mol. The predicted octanol–water partition coefficient (Wildman–Crippen LogP) is 4.14. The number of hydrogen-bond acceptors (Lipinski definition) is 6. The summed E-state index contributed by atoms with van der Waals surface area (Å²) in [5, 5.41) is 9.23. The van der Waals surface area contributed by atoms with E-state index in [1.165, 1.54) is 6.33 Å². The molecule has 2 aromatic heterocycles. The van der Waals surface area contributed by atoms with Crippen molar-refractivity contribution in [3.63, 3.8) is 0 Å². The lowest BCUT2D eigenvalue weighted by Crippen LogP contribution is -2.03. The lowest BCUT2D eigenvalue weighted by Gasteiger charge is -2.12. The number of benzene rings is 2. The normalized spacial score (nSPS) is 15.4. The summed E-state index contributed by atoms with van der Waals surface area (Å²) < 4.78 is 14.0. The van der Waals surface area contributed by atoms with E-state index in [-0.39, 0.29) is 12.7 Å². The number of hydrogen-bond donors (Lipinski definition) is 2. The minimum Gasteiger partial charge on any atom is -0.457 e. The minimum atomic E-state index is -0.106. The van der Waals surface area contributed by atoms with E-state index < -0.39 is 0 Å². The molecule has 1 aliphatic rings. The third kappa shape index (κ3) is 3.18. The number of rotatable bonds is 6. The smallest absolute Gasteiger partial charge is 0.151 e. The Morgan fingerprint density at radius 1 is 1.07 bits per heavy atom. The molecule has 2 aromatic carbocycles. The number of nitrogens with two attached hydrogens (primary N) is 1. The van der Waals surface area contributed by atoms with Crippen molar-refractivity contribution in [1.29, 1.82) is 0 Å². The summed E-state index contributed by atoms with van der Waals surface area (Å²) in [5.41, 5.74) is 10.9. The van der Waals surface area contributed by atoms with Crippen molar-refractivity contribution in [3.05, 3.63) is 72.2 Å². The molecule has 152 valence electrons. The molecule has 0 radical (unpaired) electrons. The number of anilines is 1. The number of para-hydroxylation sites is 1. The van der Waals surface area contributed by atoms with E-state index in [0.717, 1.165) is 45.9 Å². The molecule has 0 aliphatic carbocycles. The van der Waals surface area contributed by atoms with Crippen LogP contribution in [0, 0.1) is 0 Å². The molecule has 0 saturated heterocycles. The van der Waals surface area contributed by atoms with Gasteiger partial charge >= 0.3 is 0 Å². The molecule has 7 nitrogen and oxygen atoms in total. The molecule has 4 aromatic rings. The predicted molar refractivity (Wildman–Crippen MR) is 114 cm³/mol. The molecule has 0 bridgehead atoms. The summed E-state index contributed by atoms with van der Waals surface area (Å²) in [6.45, 7) is 0.595. The third-order valence-electron chi connectivity index (χ3n) is 5.35. The number of aromatic nitrogens is 3. The Bertz CT molecular complexity index is 1170. The highest BCUT2D eigenvalue weighted by molar-refractivity contribution is 5.91. The van der Waals surface area contributed by atoms with E-state index in [1.54, 1.807) is 0 Å². The van der Waals surface area contributed by atoms with Crippen molar-refractivity contribution in [1.82, 2.24) is 14.5 Å².